The molecule has 6 heterocycles. The fourth-order valence-corrected chi connectivity index (χ4v) is 7.54. The van der Waals surface area contributed by atoms with E-state index in [-0.39, 0.29) is 17.8 Å². The summed E-state index contributed by atoms with van der Waals surface area (Å²) >= 11 is 0. The van der Waals surface area contributed by atoms with Crippen LogP contribution in [0.25, 0.3) is 0 Å². The van der Waals surface area contributed by atoms with E-state index in [2.05, 4.69) is 45.2 Å². The van der Waals surface area contributed by atoms with Crippen LogP contribution in [0, 0.1) is 11.8 Å². The van der Waals surface area contributed by atoms with Gasteiger partial charge in [-0.2, -0.15) is 0 Å². The van der Waals surface area contributed by atoms with E-state index in [4.69, 9.17) is 29.2 Å². The van der Waals surface area contributed by atoms with Crippen molar-refractivity contribution in [3.05, 3.63) is 92.0 Å². The molecule has 0 unspecified atom stereocenters. The molecular weight excluding hydrogens is 556 g/mol. The standard InChI is InChI=1S/C35H38N4O5/c1-7-21-17(2)26-13-30-24(16-40)19(4)25(37-30)12-27-18(3)22(8-9-31(41)42-6)33(38-27)23-15-35(43-10-11-44-35)32-20(5)28(39-34(23)32)14-29(21)36-26/h12-14,16,18,22,38,40H,7-11,15H2,1-6H3/b24-16+,26-13?,27-12?,28-14?,33-23?/t18-,22-/m0/s1. The first-order chi connectivity index (χ1) is 21.2. The lowest BCUT2D eigenvalue weighted by molar-refractivity contribution is -0.140. The molecule has 9 nitrogen and oxygen atoms in total. The van der Waals surface area contributed by atoms with Gasteiger partial charge in [0.25, 0.3) is 0 Å². The maximum Gasteiger partial charge on any atom is 0.305 e. The van der Waals surface area contributed by atoms with E-state index in [1.165, 1.54) is 7.11 Å². The lowest BCUT2D eigenvalue weighted by Gasteiger charge is -2.23. The molecule has 8 bridgehead atoms. The number of ether oxygens (including phenoxy) is 3. The Bertz CT molecular complexity index is 1750. The molecule has 6 aliphatic heterocycles. The van der Waals surface area contributed by atoms with Crippen LogP contribution in [0.15, 0.2) is 107 Å². The van der Waals surface area contributed by atoms with Crippen LogP contribution in [0.1, 0.15) is 60.3 Å². The molecule has 0 aromatic heterocycles. The summed E-state index contributed by atoms with van der Waals surface area (Å²) in [4.78, 5) is 27.6. The average molecular weight is 595 g/mol. The zero-order valence-electron chi connectivity index (χ0n) is 26.1. The largest absolute Gasteiger partial charge is 0.515 e. The van der Waals surface area contributed by atoms with Crippen molar-refractivity contribution in [1.29, 1.82) is 0 Å². The molecular formula is C35H38N4O5. The van der Waals surface area contributed by atoms with Gasteiger partial charge >= 0.3 is 5.97 Å². The van der Waals surface area contributed by atoms with E-state index in [9.17, 15) is 9.90 Å². The van der Waals surface area contributed by atoms with Gasteiger partial charge in [-0.15, -0.1) is 0 Å². The Kier molecular flexibility index (Phi) is 6.86. The number of rotatable bonds is 4. The Labute approximate surface area is 257 Å². The van der Waals surface area contributed by atoms with Gasteiger partial charge in [0.1, 0.15) is 0 Å². The van der Waals surface area contributed by atoms with Crippen molar-refractivity contribution >= 4 is 23.1 Å². The van der Waals surface area contributed by atoms with Crippen LogP contribution >= 0.6 is 0 Å². The molecule has 3 fully saturated rings. The van der Waals surface area contributed by atoms with Gasteiger partial charge in [-0.1, -0.05) is 13.8 Å². The van der Waals surface area contributed by atoms with Gasteiger partial charge in [-0.05, 0) is 74.1 Å². The predicted molar refractivity (Wildman–Crippen MR) is 169 cm³/mol. The molecule has 44 heavy (non-hydrogen) atoms. The second kappa shape index (κ2) is 10.5. The van der Waals surface area contributed by atoms with Crippen molar-refractivity contribution < 1.29 is 24.1 Å². The zero-order valence-corrected chi connectivity index (χ0v) is 26.1. The van der Waals surface area contributed by atoms with Crippen LogP contribution in [-0.2, 0) is 19.0 Å². The Morgan fingerprint density at radius 3 is 2.50 bits per heavy atom. The molecule has 7 rings (SSSR count). The van der Waals surface area contributed by atoms with E-state index < -0.39 is 5.79 Å². The second-order valence-corrected chi connectivity index (χ2v) is 12.3. The molecule has 0 aromatic carbocycles. The lowest BCUT2D eigenvalue weighted by Crippen LogP contribution is -2.29. The van der Waals surface area contributed by atoms with Crippen LogP contribution in [-0.4, -0.2) is 54.3 Å². The first-order valence-corrected chi connectivity index (χ1v) is 15.4. The number of fused-ring (bicyclic) bond motifs is 6. The fraction of sp³-hybridized carbons (Fsp3) is 0.429. The summed E-state index contributed by atoms with van der Waals surface area (Å²) in [6, 6.07) is 0. The van der Waals surface area contributed by atoms with Crippen molar-refractivity contribution in [1.82, 2.24) is 5.32 Å². The SMILES string of the molecule is CCC1=C(C)C2=CC3=NC(=C(C)/C3=C\O)C=C3NC(=C4CC5(OCCO5)C5=C(C)C(=CC1=N2)N=C45)[C@@H](CCC(=O)OC)[C@@H]3C. The van der Waals surface area contributed by atoms with Gasteiger partial charge in [0.15, 0.2) is 0 Å². The van der Waals surface area contributed by atoms with Gasteiger partial charge in [0, 0.05) is 52.8 Å². The third-order valence-electron chi connectivity index (χ3n) is 10.0. The third kappa shape index (κ3) is 4.20. The highest BCUT2D eigenvalue weighted by atomic mass is 16.7. The zero-order chi connectivity index (χ0) is 30.9. The van der Waals surface area contributed by atoms with Gasteiger partial charge in [0.05, 0.1) is 60.8 Å². The first kappa shape index (κ1) is 28.7. The molecule has 1 saturated carbocycles. The molecule has 228 valence electrons. The number of aliphatic hydroxyl groups excluding tert-OH is 1. The molecule has 2 N–H and O–H groups in total. The van der Waals surface area contributed by atoms with Crippen molar-refractivity contribution in [2.24, 2.45) is 26.8 Å². The maximum atomic E-state index is 12.3. The number of hydrogen-bond donors (Lipinski definition) is 2. The van der Waals surface area contributed by atoms with E-state index in [0.717, 1.165) is 86.0 Å². The summed E-state index contributed by atoms with van der Waals surface area (Å²) in [7, 11) is 1.43. The number of nitrogens with zero attached hydrogens (tertiary/aromatic N) is 3. The first-order valence-electron chi connectivity index (χ1n) is 15.4. The molecule has 7 aliphatic rings. The summed E-state index contributed by atoms with van der Waals surface area (Å²) in [5, 5.41) is 14.0. The molecule has 2 atom stereocenters. The highest BCUT2D eigenvalue weighted by Gasteiger charge is 2.55. The number of nitrogens with one attached hydrogen (secondary N) is 1. The average Bonchev–Trinajstić information content (AvgIpc) is 3.84. The van der Waals surface area contributed by atoms with Gasteiger partial charge < -0.3 is 24.6 Å². The van der Waals surface area contributed by atoms with Crippen molar-refractivity contribution in [3.8, 4) is 0 Å². The highest BCUT2D eigenvalue weighted by molar-refractivity contribution is 6.22. The molecule has 0 amide bonds. The fourth-order valence-electron chi connectivity index (χ4n) is 7.54. The normalized spacial score (nSPS) is 27.7. The topological polar surface area (TPSA) is 114 Å². The predicted octanol–water partition coefficient (Wildman–Crippen LogP) is 5.98. The van der Waals surface area contributed by atoms with E-state index in [0.29, 0.717) is 43.8 Å². The van der Waals surface area contributed by atoms with Crippen LogP contribution in [0.5, 0.6) is 0 Å². The van der Waals surface area contributed by atoms with E-state index in [1.54, 1.807) is 0 Å². The minimum Gasteiger partial charge on any atom is -0.515 e. The second-order valence-electron chi connectivity index (χ2n) is 12.3. The lowest BCUT2D eigenvalue weighted by atomic mass is 9.86. The summed E-state index contributed by atoms with van der Waals surface area (Å²) in [5.74, 6) is -1.05. The molecule has 2 saturated heterocycles. The molecule has 9 heteroatoms. The number of hydrogen-bond acceptors (Lipinski definition) is 9. The molecule has 0 aromatic rings. The molecule has 1 aliphatic carbocycles. The number of methoxy groups -OCH3 is 1. The highest BCUT2D eigenvalue weighted by Crippen LogP contribution is 2.52. The van der Waals surface area contributed by atoms with Crippen molar-refractivity contribution in [3.63, 3.8) is 0 Å². The third-order valence-corrected chi connectivity index (χ3v) is 10.0. The minimum absolute atomic E-state index is 0.0123. The van der Waals surface area contributed by atoms with Crippen LogP contribution in [0.4, 0.5) is 0 Å². The monoisotopic (exact) mass is 594 g/mol. The Morgan fingerprint density at radius 1 is 1.07 bits per heavy atom. The number of allylic oxidation sites excluding steroid dienone is 10. The van der Waals surface area contributed by atoms with Crippen molar-refractivity contribution in [2.75, 3.05) is 20.3 Å². The smallest absolute Gasteiger partial charge is 0.305 e. The molecule has 0 radical (unpaired) electrons. The summed E-state index contributed by atoms with van der Waals surface area (Å²) < 4.78 is 17.8. The minimum atomic E-state index is -0.886. The van der Waals surface area contributed by atoms with Crippen LogP contribution in [0.2, 0.25) is 0 Å². The summed E-state index contributed by atoms with van der Waals surface area (Å²) in [6.45, 7) is 11.5. The van der Waals surface area contributed by atoms with Gasteiger partial charge in [0.2, 0.25) is 5.79 Å². The van der Waals surface area contributed by atoms with Crippen molar-refractivity contribution in [2.45, 2.75) is 66.1 Å². The number of aliphatic hydroxyl groups is 1. The summed E-state index contributed by atoms with van der Waals surface area (Å²) in [6.07, 6.45) is 9.51. The quantitative estimate of drug-likeness (QED) is 0.306. The Hall–Kier alpha value is -4.08. The van der Waals surface area contributed by atoms with Crippen LogP contribution < -0.4 is 5.32 Å². The van der Waals surface area contributed by atoms with Crippen LogP contribution in [0.3, 0.4) is 0 Å². The number of carbonyl (C=O) groups is 1. The van der Waals surface area contributed by atoms with E-state index >= 15 is 0 Å². The Balaban J connectivity index is 1.49. The van der Waals surface area contributed by atoms with Gasteiger partial charge in [-0.3, -0.25) is 4.79 Å². The number of carbonyl (C=O) groups excluding carboxylic acids is 1. The molecule has 1 spiro atoms. The van der Waals surface area contributed by atoms with E-state index in [1.807, 2.05) is 13.0 Å². The maximum absolute atomic E-state index is 12.3. The number of esters is 1. The van der Waals surface area contributed by atoms with Gasteiger partial charge in [-0.25, -0.2) is 15.0 Å². The number of aliphatic imine (C=N–C) groups is 3. The Morgan fingerprint density at radius 2 is 1.80 bits per heavy atom. The summed E-state index contributed by atoms with van der Waals surface area (Å²) in [5.41, 5.74) is 13.8.